The maximum atomic E-state index is 13.5. The van der Waals surface area contributed by atoms with Gasteiger partial charge in [-0.25, -0.2) is 8.78 Å². The molecule has 104 valence electrons. The number of halogens is 3. The van der Waals surface area contributed by atoms with E-state index in [2.05, 4.69) is 21.2 Å². The van der Waals surface area contributed by atoms with Gasteiger partial charge in [-0.05, 0) is 52.3 Å². The van der Waals surface area contributed by atoms with Gasteiger partial charge in [0.2, 0.25) is 0 Å². The molecule has 0 spiro atoms. The lowest BCUT2D eigenvalue weighted by molar-refractivity contribution is 0.587. The summed E-state index contributed by atoms with van der Waals surface area (Å²) in [7, 11) is 0. The molecule has 0 aromatic heterocycles. The molecule has 0 saturated heterocycles. The zero-order chi connectivity index (χ0) is 14.7. The van der Waals surface area contributed by atoms with Crippen molar-refractivity contribution in [1.82, 2.24) is 0 Å². The summed E-state index contributed by atoms with van der Waals surface area (Å²) >= 11 is 8.26. The van der Waals surface area contributed by atoms with Gasteiger partial charge in [0, 0.05) is 27.8 Å². The third-order valence-corrected chi connectivity index (χ3v) is 3.62. The van der Waals surface area contributed by atoms with Crippen molar-refractivity contribution in [3.05, 3.63) is 63.6 Å². The standard InChI is InChI=1S/C14H11BrF2N2S/c15-11-6-8(14(18)20)1-4-13(11)19-7-9-5-10(16)2-3-12(9)17/h1-6,19H,7H2,(H2,18,20). The van der Waals surface area contributed by atoms with Crippen LogP contribution in [0.1, 0.15) is 11.1 Å². The van der Waals surface area contributed by atoms with E-state index in [0.717, 1.165) is 27.9 Å². The van der Waals surface area contributed by atoms with Gasteiger partial charge in [-0.3, -0.25) is 0 Å². The summed E-state index contributed by atoms with van der Waals surface area (Å²) in [6, 6.07) is 8.67. The second-order valence-electron chi connectivity index (χ2n) is 4.15. The average Bonchev–Trinajstić information content (AvgIpc) is 2.40. The molecule has 0 heterocycles. The summed E-state index contributed by atoms with van der Waals surface area (Å²) in [5.74, 6) is -0.916. The fraction of sp³-hybridized carbons (Fsp3) is 0.0714. The molecule has 0 amide bonds. The molecule has 0 radical (unpaired) electrons. The van der Waals surface area contributed by atoms with Gasteiger partial charge in [-0.15, -0.1) is 0 Å². The predicted molar refractivity (Wildman–Crippen MR) is 83.7 cm³/mol. The van der Waals surface area contributed by atoms with Crippen molar-refractivity contribution in [3.8, 4) is 0 Å². The quantitative estimate of drug-likeness (QED) is 0.814. The molecule has 0 bridgehead atoms. The van der Waals surface area contributed by atoms with Crippen molar-refractivity contribution in [1.29, 1.82) is 0 Å². The van der Waals surface area contributed by atoms with Gasteiger partial charge in [0.1, 0.15) is 16.6 Å². The monoisotopic (exact) mass is 356 g/mol. The Hall–Kier alpha value is -1.53. The minimum absolute atomic E-state index is 0.175. The number of anilines is 1. The van der Waals surface area contributed by atoms with E-state index in [9.17, 15) is 8.78 Å². The molecule has 0 aliphatic carbocycles. The molecule has 2 aromatic carbocycles. The summed E-state index contributed by atoms with van der Waals surface area (Å²) in [5.41, 5.74) is 7.27. The Morgan fingerprint density at radius 2 is 1.95 bits per heavy atom. The number of nitrogens with two attached hydrogens (primary N) is 1. The first kappa shape index (κ1) is 14.9. The van der Waals surface area contributed by atoms with Gasteiger partial charge in [0.05, 0.1) is 0 Å². The first-order valence-electron chi connectivity index (χ1n) is 5.74. The van der Waals surface area contributed by atoms with Gasteiger partial charge in [-0.1, -0.05) is 12.2 Å². The summed E-state index contributed by atoms with van der Waals surface area (Å²) in [6.45, 7) is 0.175. The molecule has 6 heteroatoms. The van der Waals surface area contributed by atoms with Gasteiger partial charge in [0.25, 0.3) is 0 Å². The van der Waals surface area contributed by atoms with E-state index in [4.69, 9.17) is 18.0 Å². The SMILES string of the molecule is NC(=S)c1ccc(NCc2cc(F)ccc2F)c(Br)c1. The maximum Gasteiger partial charge on any atom is 0.128 e. The zero-order valence-corrected chi connectivity index (χ0v) is 12.7. The lowest BCUT2D eigenvalue weighted by Gasteiger charge is -2.10. The third-order valence-electron chi connectivity index (χ3n) is 2.73. The van der Waals surface area contributed by atoms with Gasteiger partial charge < -0.3 is 11.1 Å². The smallest absolute Gasteiger partial charge is 0.128 e. The Kier molecular flexibility index (Phi) is 4.67. The second kappa shape index (κ2) is 6.28. The first-order valence-corrected chi connectivity index (χ1v) is 6.94. The lowest BCUT2D eigenvalue weighted by Crippen LogP contribution is -2.09. The number of rotatable bonds is 4. The molecule has 0 aliphatic rings. The molecular weight excluding hydrogens is 346 g/mol. The highest BCUT2D eigenvalue weighted by atomic mass is 79.9. The molecule has 0 aliphatic heterocycles. The fourth-order valence-corrected chi connectivity index (χ4v) is 2.33. The highest BCUT2D eigenvalue weighted by Crippen LogP contribution is 2.24. The van der Waals surface area contributed by atoms with Gasteiger partial charge >= 0.3 is 0 Å². The normalized spacial score (nSPS) is 10.3. The Balaban J connectivity index is 2.15. The predicted octanol–water partition coefficient (Wildman–Crippen LogP) is 3.97. The molecule has 2 rings (SSSR count). The van der Waals surface area contributed by atoms with Crippen LogP contribution < -0.4 is 11.1 Å². The van der Waals surface area contributed by atoms with Gasteiger partial charge in [0.15, 0.2) is 0 Å². The number of thiocarbonyl (C=S) groups is 1. The molecule has 2 nitrogen and oxygen atoms in total. The first-order chi connectivity index (χ1) is 9.47. The molecular formula is C14H11BrF2N2S. The van der Waals surface area contributed by atoms with Crippen LogP contribution in [0.15, 0.2) is 40.9 Å². The second-order valence-corrected chi connectivity index (χ2v) is 5.44. The fourth-order valence-electron chi connectivity index (χ4n) is 1.68. The van der Waals surface area contributed by atoms with Crippen LogP contribution in [0.3, 0.4) is 0 Å². The zero-order valence-electron chi connectivity index (χ0n) is 10.3. The molecule has 0 saturated carbocycles. The van der Waals surface area contributed by atoms with E-state index < -0.39 is 11.6 Å². The number of hydrogen-bond acceptors (Lipinski definition) is 2. The van der Waals surface area contributed by atoms with E-state index in [1.165, 1.54) is 6.07 Å². The minimum Gasteiger partial charge on any atom is -0.389 e. The number of hydrogen-bond donors (Lipinski definition) is 2. The minimum atomic E-state index is -0.467. The molecule has 0 fully saturated rings. The lowest BCUT2D eigenvalue weighted by atomic mass is 10.2. The maximum absolute atomic E-state index is 13.5. The van der Waals surface area contributed by atoms with E-state index in [1.54, 1.807) is 18.2 Å². The molecule has 2 aromatic rings. The van der Waals surface area contributed by atoms with E-state index in [1.807, 2.05) is 0 Å². The van der Waals surface area contributed by atoms with Crippen molar-refractivity contribution in [2.45, 2.75) is 6.54 Å². The van der Waals surface area contributed by atoms with Crippen LogP contribution in [0.25, 0.3) is 0 Å². The number of nitrogens with one attached hydrogen (secondary N) is 1. The highest BCUT2D eigenvalue weighted by Gasteiger charge is 2.06. The van der Waals surface area contributed by atoms with Gasteiger partial charge in [-0.2, -0.15) is 0 Å². The van der Waals surface area contributed by atoms with E-state index in [-0.39, 0.29) is 12.1 Å². The Bertz CT molecular complexity index is 662. The van der Waals surface area contributed by atoms with Crippen LogP contribution in [-0.2, 0) is 6.54 Å². The van der Waals surface area contributed by atoms with Crippen LogP contribution in [0.2, 0.25) is 0 Å². The number of benzene rings is 2. The summed E-state index contributed by atoms with van der Waals surface area (Å²) in [6.07, 6.45) is 0. The molecule has 3 N–H and O–H groups in total. The van der Waals surface area contributed by atoms with E-state index in [0.29, 0.717) is 4.99 Å². The summed E-state index contributed by atoms with van der Waals surface area (Å²) in [4.78, 5) is 0.299. The van der Waals surface area contributed by atoms with Crippen LogP contribution in [0.4, 0.5) is 14.5 Å². The van der Waals surface area contributed by atoms with Crippen molar-refractivity contribution in [3.63, 3.8) is 0 Å². The van der Waals surface area contributed by atoms with Crippen molar-refractivity contribution in [2.75, 3.05) is 5.32 Å². The molecule has 0 atom stereocenters. The van der Waals surface area contributed by atoms with Crippen LogP contribution in [0, 0.1) is 11.6 Å². The largest absolute Gasteiger partial charge is 0.389 e. The Morgan fingerprint density at radius 3 is 2.60 bits per heavy atom. The highest BCUT2D eigenvalue weighted by molar-refractivity contribution is 9.10. The van der Waals surface area contributed by atoms with Crippen LogP contribution in [-0.4, -0.2) is 4.99 Å². The van der Waals surface area contributed by atoms with Crippen molar-refractivity contribution < 1.29 is 8.78 Å². The average molecular weight is 357 g/mol. The molecule has 20 heavy (non-hydrogen) atoms. The molecule has 0 unspecified atom stereocenters. The van der Waals surface area contributed by atoms with Crippen LogP contribution in [0.5, 0.6) is 0 Å². The summed E-state index contributed by atoms with van der Waals surface area (Å²) < 4.78 is 27.3. The third kappa shape index (κ3) is 3.52. The van der Waals surface area contributed by atoms with E-state index >= 15 is 0 Å². The van der Waals surface area contributed by atoms with Crippen molar-refractivity contribution >= 4 is 38.8 Å². The summed E-state index contributed by atoms with van der Waals surface area (Å²) in [5, 5.41) is 3.03. The van der Waals surface area contributed by atoms with Crippen LogP contribution >= 0.6 is 28.1 Å². The van der Waals surface area contributed by atoms with Crippen molar-refractivity contribution in [2.24, 2.45) is 5.73 Å². The Morgan fingerprint density at radius 1 is 1.20 bits per heavy atom. The Labute approximate surface area is 129 Å². The topological polar surface area (TPSA) is 38.0 Å².